The largest absolute Gasteiger partial charge is 0.330 e. The SMILES string of the molecule is NCCCN(C=O)C(=O)Cc1ccc(Br)s1. The summed E-state index contributed by atoms with van der Waals surface area (Å²) in [7, 11) is 0. The number of carbonyl (C=O) groups is 2. The van der Waals surface area contributed by atoms with Crippen LogP contribution >= 0.6 is 27.3 Å². The van der Waals surface area contributed by atoms with Gasteiger partial charge in [0.25, 0.3) is 0 Å². The summed E-state index contributed by atoms with van der Waals surface area (Å²) in [5, 5.41) is 0. The predicted molar refractivity (Wildman–Crippen MR) is 67.2 cm³/mol. The molecule has 0 atom stereocenters. The highest BCUT2D eigenvalue weighted by atomic mass is 79.9. The van der Waals surface area contributed by atoms with Crippen molar-refractivity contribution >= 4 is 39.6 Å². The lowest BCUT2D eigenvalue weighted by molar-refractivity contribution is -0.137. The van der Waals surface area contributed by atoms with Crippen LogP contribution in [0.1, 0.15) is 11.3 Å². The lowest BCUT2D eigenvalue weighted by Crippen LogP contribution is -2.32. The summed E-state index contributed by atoms with van der Waals surface area (Å²) >= 11 is 4.82. The summed E-state index contributed by atoms with van der Waals surface area (Å²) in [5.74, 6) is -0.183. The Morgan fingerprint density at radius 3 is 2.81 bits per heavy atom. The Morgan fingerprint density at radius 2 is 2.31 bits per heavy atom. The van der Waals surface area contributed by atoms with Crippen LogP contribution < -0.4 is 5.73 Å². The van der Waals surface area contributed by atoms with Gasteiger partial charge in [-0.05, 0) is 41.0 Å². The molecule has 0 spiro atoms. The van der Waals surface area contributed by atoms with E-state index in [2.05, 4.69) is 15.9 Å². The van der Waals surface area contributed by atoms with Gasteiger partial charge in [0.1, 0.15) is 0 Å². The van der Waals surface area contributed by atoms with Crippen molar-refractivity contribution in [2.45, 2.75) is 12.8 Å². The molecular formula is C10H13BrN2O2S. The summed E-state index contributed by atoms with van der Waals surface area (Å²) in [6.07, 6.45) is 1.47. The molecule has 0 saturated carbocycles. The third-order valence-electron chi connectivity index (χ3n) is 2.01. The number of carbonyl (C=O) groups excluding carboxylic acids is 2. The molecule has 88 valence electrons. The van der Waals surface area contributed by atoms with Gasteiger partial charge in [-0.15, -0.1) is 11.3 Å². The highest BCUT2D eigenvalue weighted by molar-refractivity contribution is 9.11. The van der Waals surface area contributed by atoms with E-state index in [1.807, 2.05) is 12.1 Å². The second kappa shape index (κ2) is 6.78. The Morgan fingerprint density at radius 1 is 1.56 bits per heavy atom. The zero-order valence-corrected chi connectivity index (χ0v) is 11.1. The Bertz CT molecular complexity index is 367. The third kappa shape index (κ3) is 4.03. The van der Waals surface area contributed by atoms with E-state index < -0.39 is 0 Å². The maximum absolute atomic E-state index is 11.7. The lowest BCUT2D eigenvalue weighted by atomic mass is 10.3. The molecule has 0 aromatic carbocycles. The Labute approximate surface area is 107 Å². The van der Waals surface area contributed by atoms with Gasteiger partial charge in [0.15, 0.2) is 0 Å². The highest BCUT2D eigenvalue weighted by Crippen LogP contribution is 2.22. The van der Waals surface area contributed by atoms with Crippen LogP contribution in [-0.4, -0.2) is 30.3 Å². The number of imide groups is 1. The lowest BCUT2D eigenvalue weighted by Gasteiger charge is -2.13. The molecule has 0 aliphatic heterocycles. The van der Waals surface area contributed by atoms with Gasteiger partial charge >= 0.3 is 0 Å². The van der Waals surface area contributed by atoms with Gasteiger partial charge in [-0.3, -0.25) is 14.5 Å². The first-order valence-electron chi connectivity index (χ1n) is 4.86. The molecule has 1 heterocycles. The molecule has 0 aliphatic carbocycles. The van der Waals surface area contributed by atoms with Crippen LogP contribution in [-0.2, 0) is 16.0 Å². The van der Waals surface area contributed by atoms with Crippen molar-refractivity contribution in [1.29, 1.82) is 0 Å². The van der Waals surface area contributed by atoms with Crippen molar-refractivity contribution in [2.24, 2.45) is 5.73 Å². The molecule has 2 amide bonds. The van der Waals surface area contributed by atoms with E-state index in [1.54, 1.807) is 0 Å². The number of amides is 2. The van der Waals surface area contributed by atoms with Crippen LogP contribution in [0.25, 0.3) is 0 Å². The van der Waals surface area contributed by atoms with Crippen LogP contribution in [0.15, 0.2) is 15.9 Å². The van der Waals surface area contributed by atoms with E-state index in [1.165, 1.54) is 16.2 Å². The number of rotatable bonds is 6. The smallest absolute Gasteiger partial charge is 0.234 e. The first kappa shape index (κ1) is 13.3. The van der Waals surface area contributed by atoms with Gasteiger partial charge in [0.05, 0.1) is 10.2 Å². The van der Waals surface area contributed by atoms with Gasteiger partial charge in [0, 0.05) is 11.4 Å². The molecule has 1 aromatic heterocycles. The molecule has 2 N–H and O–H groups in total. The average Bonchev–Trinajstić information content (AvgIpc) is 2.65. The normalized spacial score (nSPS) is 10.1. The molecule has 1 rings (SSSR count). The second-order valence-corrected chi connectivity index (χ2v) is 5.76. The number of thiophene rings is 1. The molecule has 16 heavy (non-hydrogen) atoms. The van der Waals surface area contributed by atoms with E-state index >= 15 is 0 Å². The number of halogens is 1. The fourth-order valence-corrected chi connectivity index (χ4v) is 2.67. The molecule has 0 unspecified atom stereocenters. The molecule has 0 bridgehead atoms. The monoisotopic (exact) mass is 304 g/mol. The van der Waals surface area contributed by atoms with Crippen molar-refractivity contribution in [3.63, 3.8) is 0 Å². The molecule has 0 radical (unpaired) electrons. The third-order valence-corrected chi connectivity index (χ3v) is 3.63. The number of hydrogen-bond donors (Lipinski definition) is 1. The highest BCUT2D eigenvalue weighted by Gasteiger charge is 2.13. The van der Waals surface area contributed by atoms with Crippen LogP contribution in [0.2, 0.25) is 0 Å². The van der Waals surface area contributed by atoms with E-state index in [0.717, 1.165) is 8.66 Å². The Hall–Kier alpha value is -0.720. The molecule has 6 heteroatoms. The minimum Gasteiger partial charge on any atom is -0.330 e. The summed E-state index contributed by atoms with van der Waals surface area (Å²) in [5.41, 5.74) is 5.33. The van der Waals surface area contributed by atoms with Gasteiger partial charge in [-0.2, -0.15) is 0 Å². The predicted octanol–water partition coefficient (Wildman–Crippen LogP) is 1.39. The Kier molecular flexibility index (Phi) is 5.65. The van der Waals surface area contributed by atoms with Gasteiger partial charge in [-0.1, -0.05) is 0 Å². The van der Waals surface area contributed by atoms with E-state index in [4.69, 9.17) is 5.73 Å². The van der Waals surface area contributed by atoms with Crippen LogP contribution in [0.3, 0.4) is 0 Å². The van der Waals surface area contributed by atoms with Crippen molar-refractivity contribution in [1.82, 2.24) is 4.90 Å². The van der Waals surface area contributed by atoms with E-state index in [9.17, 15) is 9.59 Å². The molecule has 1 aromatic rings. The topological polar surface area (TPSA) is 63.4 Å². The van der Waals surface area contributed by atoms with Crippen molar-refractivity contribution < 1.29 is 9.59 Å². The van der Waals surface area contributed by atoms with E-state index in [0.29, 0.717) is 25.9 Å². The zero-order valence-electron chi connectivity index (χ0n) is 8.69. The molecule has 0 aliphatic rings. The summed E-state index contributed by atoms with van der Waals surface area (Å²) in [6.45, 7) is 0.869. The van der Waals surface area contributed by atoms with Gasteiger partial charge in [0.2, 0.25) is 12.3 Å². The fourth-order valence-electron chi connectivity index (χ4n) is 1.20. The molecule has 4 nitrogen and oxygen atoms in total. The minimum absolute atomic E-state index is 0.183. The summed E-state index contributed by atoms with van der Waals surface area (Å²) in [6, 6.07) is 3.76. The van der Waals surface area contributed by atoms with Crippen LogP contribution in [0, 0.1) is 0 Å². The number of nitrogens with zero attached hydrogens (tertiary/aromatic N) is 1. The first-order valence-corrected chi connectivity index (χ1v) is 6.47. The molecule has 0 saturated heterocycles. The fraction of sp³-hybridized carbons (Fsp3) is 0.400. The molecular weight excluding hydrogens is 292 g/mol. The first-order chi connectivity index (χ1) is 7.67. The van der Waals surface area contributed by atoms with Crippen LogP contribution in [0.5, 0.6) is 0 Å². The molecule has 0 fully saturated rings. The summed E-state index contributed by atoms with van der Waals surface area (Å²) in [4.78, 5) is 24.5. The van der Waals surface area contributed by atoms with Crippen molar-refractivity contribution in [3.05, 3.63) is 20.8 Å². The van der Waals surface area contributed by atoms with Crippen molar-refractivity contribution in [3.8, 4) is 0 Å². The Balaban J connectivity index is 2.52. The zero-order chi connectivity index (χ0) is 12.0. The maximum atomic E-state index is 11.7. The van der Waals surface area contributed by atoms with E-state index in [-0.39, 0.29) is 12.3 Å². The quantitative estimate of drug-likeness (QED) is 0.808. The standard InChI is InChI=1S/C10H13BrN2O2S/c11-9-3-2-8(16-9)6-10(15)13(7-14)5-1-4-12/h2-3,7H,1,4-6,12H2. The number of nitrogens with two attached hydrogens (primary N) is 1. The second-order valence-electron chi connectivity index (χ2n) is 3.22. The van der Waals surface area contributed by atoms with Crippen LogP contribution in [0.4, 0.5) is 0 Å². The summed E-state index contributed by atoms with van der Waals surface area (Å²) < 4.78 is 0.981. The van der Waals surface area contributed by atoms with Crippen molar-refractivity contribution in [2.75, 3.05) is 13.1 Å². The average molecular weight is 305 g/mol. The van der Waals surface area contributed by atoms with Gasteiger partial charge < -0.3 is 5.73 Å². The maximum Gasteiger partial charge on any atom is 0.234 e. The number of hydrogen-bond acceptors (Lipinski definition) is 4. The van der Waals surface area contributed by atoms with Gasteiger partial charge in [-0.25, -0.2) is 0 Å². The minimum atomic E-state index is -0.183.